The molecule has 0 saturated heterocycles. The van der Waals surface area contributed by atoms with E-state index in [0.717, 1.165) is 41.0 Å². The summed E-state index contributed by atoms with van der Waals surface area (Å²) in [5.74, 6) is 2.10. The van der Waals surface area contributed by atoms with Crippen molar-refractivity contribution in [2.45, 2.75) is 39.3 Å². The van der Waals surface area contributed by atoms with E-state index in [0.29, 0.717) is 19.2 Å². The molecule has 0 amide bonds. The lowest BCUT2D eigenvalue weighted by molar-refractivity contribution is 0.0909. The summed E-state index contributed by atoms with van der Waals surface area (Å²) in [4.78, 5) is 4.78. The number of nitrogens with zero attached hydrogens (tertiary/aromatic N) is 3. The summed E-state index contributed by atoms with van der Waals surface area (Å²) in [5, 5.41) is 7.21. The number of ether oxygens (including phenoxy) is 3. The Morgan fingerprint density at radius 1 is 1.19 bits per heavy atom. The van der Waals surface area contributed by atoms with Crippen molar-refractivity contribution in [2.24, 2.45) is 0 Å². The standard InChI is InChI=1S/C19H28N4O3Si/c1-6-26-18-12-16(21-22-18)19-20-15-11-14(24-2)7-8-17(15)23(19)13-25-9-10-27(3,4)5/h7-8,11-12H,6,9-10,13H2,1-5H3,(H,21,22). The number of rotatable bonds is 9. The Morgan fingerprint density at radius 2 is 2.00 bits per heavy atom. The van der Waals surface area contributed by atoms with Crippen molar-refractivity contribution in [3.8, 4) is 23.1 Å². The Hall–Kier alpha value is -2.32. The number of benzene rings is 1. The zero-order valence-corrected chi connectivity index (χ0v) is 17.7. The molecule has 0 unspecified atom stereocenters. The molecule has 1 aromatic carbocycles. The van der Waals surface area contributed by atoms with E-state index in [2.05, 4.69) is 34.4 Å². The number of imidazole rings is 1. The van der Waals surface area contributed by atoms with E-state index in [1.165, 1.54) is 0 Å². The first kappa shape index (κ1) is 19.4. The summed E-state index contributed by atoms with van der Waals surface area (Å²) in [6.45, 7) is 10.7. The Morgan fingerprint density at radius 3 is 2.70 bits per heavy atom. The first-order valence-electron chi connectivity index (χ1n) is 9.22. The maximum absolute atomic E-state index is 6.00. The summed E-state index contributed by atoms with van der Waals surface area (Å²) < 4.78 is 18.9. The first-order chi connectivity index (χ1) is 12.9. The molecule has 0 aliphatic carbocycles. The third-order valence-electron chi connectivity index (χ3n) is 4.26. The fourth-order valence-electron chi connectivity index (χ4n) is 2.75. The van der Waals surface area contributed by atoms with Gasteiger partial charge in [0, 0.05) is 26.8 Å². The minimum atomic E-state index is -1.13. The van der Waals surface area contributed by atoms with Gasteiger partial charge in [0.15, 0.2) is 5.82 Å². The molecule has 0 spiro atoms. The van der Waals surface area contributed by atoms with Crippen LogP contribution in [0.5, 0.6) is 11.6 Å². The smallest absolute Gasteiger partial charge is 0.233 e. The molecule has 27 heavy (non-hydrogen) atoms. The molecule has 0 bridgehead atoms. The molecule has 2 heterocycles. The zero-order chi connectivity index (χ0) is 19.4. The predicted octanol–water partition coefficient (Wildman–Crippen LogP) is 4.15. The van der Waals surface area contributed by atoms with Crippen LogP contribution in [-0.4, -0.2) is 48.1 Å². The number of hydrogen-bond donors (Lipinski definition) is 1. The van der Waals surface area contributed by atoms with Crippen LogP contribution in [0, 0.1) is 0 Å². The fourth-order valence-corrected chi connectivity index (χ4v) is 3.50. The number of methoxy groups -OCH3 is 1. The van der Waals surface area contributed by atoms with Crippen molar-refractivity contribution in [1.82, 2.24) is 19.7 Å². The van der Waals surface area contributed by atoms with Crippen LogP contribution in [0.15, 0.2) is 24.3 Å². The topological polar surface area (TPSA) is 74.2 Å². The van der Waals surface area contributed by atoms with Crippen molar-refractivity contribution < 1.29 is 14.2 Å². The van der Waals surface area contributed by atoms with Gasteiger partial charge in [-0.3, -0.25) is 9.67 Å². The monoisotopic (exact) mass is 388 g/mol. The zero-order valence-electron chi connectivity index (χ0n) is 16.7. The van der Waals surface area contributed by atoms with E-state index in [4.69, 9.17) is 19.2 Å². The molecule has 8 heteroatoms. The van der Waals surface area contributed by atoms with E-state index >= 15 is 0 Å². The van der Waals surface area contributed by atoms with E-state index in [-0.39, 0.29) is 0 Å². The minimum absolute atomic E-state index is 0.436. The average Bonchev–Trinajstić information content (AvgIpc) is 3.22. The number of H-pyrrole nitrogens is 1. The number of hydrogen-bond acceptors (Lipinski definition) is 5. The molecule has 146 valence electrons. The average molecular weight is 389 g/mol. The van der Waals surface area contributed by atoms with E-state index in [1.807, 2.05) is 31.2 Å². The van der Waals surface area contributed by atoms with E-state index in [1.54, 1.807) is 7.11 Å². The third-order valence-corrected chi connectivity index (χ3v) is 5.96. The van der Waals surface area contributed by atoms with Gasteiger partial charge in [-0.2, -0.15) is 0 Å². The van der Waals surface area contributed by atoms with Gasteiger partial charge in [-0.05, 0) is 25.1 Å². The Balaban J connectivity index is 1.92. The quantitative estimate of drug-likeness (QED) is 0.440. The van der Waals surface area contributed by atoms with Gasteiger partial charge in [-0.15, -0.1) is 5.10 Å². The normalized spacial score (nSPS) is 11.9. The maximum Gasteiger partial charge on any atom is 0.233 e. The highest BCUT2D eigenvalue weighted by Crippen LogP contribution is 2.28. The third kappa shape index (κ3) is 4.70. The van der Waals surface area contributed by atoms with Crippen LogP contribution in [0.2, 0.25) is 25.7 Å². The SMILES string of the molecule is CCOc1cc(-c2nc3cc(OC)ccc3n2COCC[Si](C)(C)C)[nH]n1. The van der Waals surface area contributed by atoms with Gasteiger partial charge in [-0.25, -0.2) is 4.98 Å². The van der Waals surface area contributed by atoms with E-state index in [9.17, 15) is 0 Å². The Kier molecular flexibility index (Phi) is 5.86. The number of aromatic nitrogens is 4. The molecule has 0 saturated carbocycles. The van der Waals surface area contributed by atoms with Crippen molar-refractivity contribution in [3.05, 3.63) is 24.3 Å². The molecule has 3 rings (SSSR count). The van der Waals surface area contributed by atoms with E-state index < -0.39 is 8.07 Å². The number of fused-ring (bicyclic) bond motifs is 1. The molecule has 0 aliphatic rings. The molecule has 0 radical (unpaired) electrons. The molecule has 2 aromatic heterocycles. The second kappa shape index (κ2) is 8.14. The molecule has 7 nitrogen and oxygen atoms in total. The van der Waals surface area contributed by atoms with Crippen LogP contribution in [0.25, 0.3) is 22.6 Å². The minimum Gasteiger partial charge on any atom is -0.497 e. The molecule has 3 aromatic rings. The molecule has 0 fully saturated rings. The van der Waals surface area contributed by atoms with Crippen LogP contribution in [0.1, 0.15) is 6.92 Å². The summed E-state index contributed by atoms with van der Waals surface area (Å²) in [6, 6.07) is 8.86. The molecular weight excluding hydrogens is 360 g/mol. The Bertz CT molecular complexity index is 898. The van der Waals surface area contributed by atoms with Crippen LogP contribution in [0.4, 0.5) is 0 Å². The van der Waals surface area contributed by atoms with Gasteiger partial charge < -0.3 is 14.2 Å². The van der Waals surface area contributed by atoms with Crippen molar-refractivity contribution >= 4 is 19.1 Å². The largest absolute Gasteiger partial charge is 0.497 e. The second-order valence-electron chi connectivity index (χ2n) is 7.62. The van der Waals surface area contributed by atoms with Crippen molar-refractivity contribution in [2.75, 3.05) is 20.3 Å². The van der Waals surface area contributed by atoms with Gasteiger partial charge in [0.25, 0.3) is 0 Å². The Labute approximate surface area is 160 Å². The van der Waals surface area contributed by atoms with Crippen LogP contribution in [-0.2, 0) is 11.5 Å². The van der Waals surface area contributed by atoms with Gasteiger partial charge in [-0.1, -0.05) is 19.6 Å². The van der Waals surface area contributed by atoms with Crippen molar-refractivity contribution in [1.29, 1.82) is 0 Å². The lowest BCUT2D eigenvalue weighted by atomic mass is 10.3. The summed E-state index contributed by atoms with van der Waals surface area (Å²) in [5.41, 5.74) is 2.64. The molecule has 0 atom stereocenters. The van der Waals surface area contributed by atoms with Crippen LogP contribution >= 0.6 is 0 Å². The van der Waals surface area contributed by atoms with Crippen LogP contribution < -0.4 is 9.47 Å². The number of nitrogens with one attached hydrogen (secondary N) is 1. The lowest BCUT2D eigenvalue weighted by Gasteiger charge is -2.16. The lowest BCUT2D eigenvalue weighted by Crippen LogP contribution is -2.22. The molecule has 0 aliphatic heterocycles. The fraction of sp³-hybridized carbons (Fsp3) is 0.474. The summed E-state index contributed by atoms with van der Waals surface area (Å²) in [7, 11) is 0.527. The van der Waals surface area contributed by atoms with Crippen LogP contribution in [0.3, 0.4) is 0 Å². The summed E-state index contributed by atoms with van der Waals surface area (Å²) in [6.07, 6.45) is 0. The van der Waals surface area contributed by atoms with Gasteiger partial charge in [0.1, 0.15) is 18.2 Å². The van der Waals surface area contributed by atoms with Gasteiger partial charge >= 0.3 is 0 Å². The molecule has 1 N–H and O–H groups in total. The highest BCUT2D eigenvalue weighted by molar-refractivity contribution is 6.76. The predicted molar refractivity (Wildman–Crippen MR) is 109 cm³/mol. The summed E-state index contributed by atoms with van der Waals surface area (Å²) >= 11 is 0. The first-order valence-corrected chi connectivity index (χ1v) is 12.9. The highest BCUT2D eigenvalue weighted by Gasteiger charge is 2.17. The van der Waals surface area contributed by atoms with Gasteiger partial charge in [0.2, 0.25) is 5.88 Å². The maximum atomic E-state index is 6.00. The van der Waals surface area contributed by atoms with Gasteiger partial charge in [0.05, 0.1) is 24.8 Å². The number of aromatic amines is 1. The second-order valence-corrected chi connectivity index (χ2v) is 13.2. The molecular formula is C19H28N4O3Si. The highest BCUT2D eigenvalue weighted by atomic mass is 28.3. The van der Waals surface area contributed by atoms with Crippen molar-refractivity contribution in [3.63, 3.8) is 0 Å².